The van der Waals surface area contributed by atoms with E-state index in [1.807, 2.05) is 23.4 Å². The van der Waals surface area contributed by atoms with Crippen LogP contribution in [0.15, 0.2) is 42.7 Å². The Morgan fingerprint density at radius 3 is 2.53 bits per heavy atom. The van der Waals surface area contributed by atoms with Crippen molar-refractivity contribution in [2.24, 2.45) is 11.7 Å². The van der Waals surface area contributed by atoms with Crippen LogP contribution in [-0.2, 0) is 5.54 Å². The van der Waals surface area contributed by atoms with Crippen molar-refractivity contribution in [3.05, 3.63) is 58.3 Å². The lowest BCUT2D eigenvalue weighted by Crippen LogP contribution is -2.51. The zero-order chi connectivity index (χ0) is 25.1. The average Bonchev–Trinajstić information content (AvgIpc) is 3.36. The molecule has 2 aliphatic heterocycles. The van der Waals surface area contributed by atoms with E-state index in [2.05, 4.69) is 26.2 Å². The molecule has 36 heavy (non-hydrogen) atoms. The summed E-state index contributed by atoms with van der Waals surface area (Å²) in [5, 5.41) is 3.85. The van der Waals surface area contributed by atoms with Crippen molar-refractivity contribution in [1.29, 1.82) is 0 Å². The molecule has 194 valence electrons. The number of urea groups is 1. The third-order valence-electron chi connectivity index (χ3n) is 8.26. The number of carbonyl (C=O) groups excluding carboxylic acids is 1. The summed E-state index contributed by atoms with van der Waals surface area (Å²) in [5.41, 5.74) is 8.38. The molecule has 2 amide bonds. The number of rotatable bonds is 5. The van der Waals surface area contributed by atoms with Gasteiger partial charge in [-0.1, -0.05) is 29.3 Å². The molecule has 9 heteroatoms. The van der Waals surface area contributed by atoms with Crippen molar-refractivity contribution in [3.63, 3.8) is 0 Å². The lowest BCUT2D eigenvalue weighted by Gasteiger charge is -2.41. The Bertz CT molecular complexity index is 1040. The molecule has 1 aromatic heterocycles. The Kier molecular flexibility index (Phi) is 8.03. The summed E-state index contributed by atoms with van der Waals surface area (Å²) in [4.78, 5) is 24.0. The number of likely N-dealkylation sites (tertiary alicyclic amines) is 1. The van der Waals surface area contributed by atoms with E-state index in [-0.39, 0.29) is 11.6 Å². The fourth-order valence-electron chi connectivity index (χ4n) is 6.05. The molecular formula is C27H36Cl2N6O. The van der Waals surface area contributed by atoms with Gasteiger partial charge in [0.05, 0.1) is 10.0 Å². The Balaban J connectivity index is 1.04. The van der Waals surface area contributed by atoms with Crippen LogP contribution >= 0.6 is 23.2 Å². The highest BCUT2D eigenvalue weighted by atomic mass is 35.5. The maximum absolute atomic E-state index is 12.7. The molecular weight excluding hydrogens is 495 g/mol. The van der Waals surface area contributed by atoms with Crippen molar-refractivity contribution in [3.8, 4) is 0 Å². The molecule has 7 nitrogen and oxygen atoms in total. The number of nitrogens with one attached hydrogen (secondary N) is 1. The Morgan fingerprint density at radius 1 is 1.06 bits per heavy atom. The van der Waals surface area contributed by atoms with Crippen molar-refractivity contribution in [1.82, 2.24) is 19.7 Å². The predicted molar refractivity (Wildman–Crippen MR) is 146 cm³/mol. The summed E-state index contributed by atoms with van der Waals surface area (Å²) >= 11 is 12.0. The van der Waals surface area contributed by atoms with Gasteiger partial charge in [-0.15, -0.1) is 0 Å². The highest BCUT2D eigenvalue weighted by Crippen LogP contribution is 2.37. The lowest BCUT2D eigenvalue weighted by atomic mass is 9.76. The summed E-state index contributed by atoms with van der Waals surface area (Å²) in [5.74, 6) is 0.699. The fourth-order valence-corrected chi connectivity index (χ4v) is 6.35. The van der Waals surface area contributed by atoms with Gasteiger partial charge < -0.3 is 20.9 Å². The molecule has 0 radical (unpaired) electrons. The first kappa shape index (κ1) is 25.7. The van der Waals surface area contributed by atoms with E-state index in [0.717, 1.165) is 58.4 Å². The van der Waals surface area contributed by atoms with E-state index in [1.165, 1.54) is 25.1 Å². The van der Waals surface area contributed by atoms with Crippen molar-refractivity contribution < 1.29 is 4.79 Å². The second kappa shape index (κ2) is 11.2. The standard InChI is InChI=1S/C27H36Cl2N6O/c28-24-4-3-22(16-25(24)29)32-26(36)34-14-12-33(13-15-34)18-20-7-11-35(19-20)23-5-8-27(30,9-6-23)21-2-1-10-31-17-21/h1-4,10,16-17,20,23H,5-9,11-15,18-19,30H2,(H,32,36). The number of carbonyl (C=O) groups is 1. The summed E-state index contributed by atoms with van der Waals surface area (Å²) in [6.45, 7) is 6.77. The monoisotopic (exact) mass is 530 g/mol. The molecule has 2 saturated heterocycles. The van der Waals surface area contributed by atoms with Crippen LogP contribution in [0.1, 0.15) is 37.7 Å². The molecule has 1 aromatic carbocycles. The van der Waals surface area contributed by atoms with Crippen molar-refractivity contribution >= 4 is 34.9 Å². The molecule has 3 aliphatic rings. The number of anilines is 1. The summed E-state index contributed by atoms with van der Waals surface area (Å²) in [6.07, 6.45) is 9.37. The predicted octanol–water partition coefficient (Wildman–Crippen LogP) is 4.66. The number of aromatic nitrogens is 1. The van der Waals surface area contributed by atoms with Crippen LogP contribution in [0.4, 0.5) is 10.5 Å². The van der Waals surface area contributed by atoms with Crippen LogP contribution in [0, 0.1) is 5.92 Å². The van der Waals surface area contributed by atoms with Crippen LogP contribution in [0.2, 0.25) is 10.0 Å². The van der Waals surface area contributed by atoms with Gasteiger partial charge in [-0.3, -0.25) is 9.88 Å². The first-order valence-electron chi connectivity index (χ1n) is 13.1. The molecule has 1 unspecified atom stereocenters. The van der Waals surface area contributed by atoms with Gasteiger partial charge in [0.2, 0.25) is 0 Å². The van der Waals surface area contributed by atoms with Crippen molar-refractivity contribution in [2.75, 3.05) is 51.1 Å². The third kappa shape index (κ3) is 5.97. The molecule has 3 heterocycles. The number of benzene rings is 1. The van der Waals surface area contributed by atoms with Gasteiger partial charge in [0.1, 0.15) is 0 Å². The molecule has 1 atom stereocenters. The van der Waals surface area contributed by atoms with Gasteiger partial charge in [-0.2, -0.15) is 0 Å². The van der Waals surface area contributed by atoms with Crippen LogP contribution in [-0.4, -0.2) is 77.6 Å². The fraction of sp³-hybridized carbons (Fsp3) is 0.556. The molecule has 5 rings (SSSR count). The van der Waals surface area contributed by atoms with Crippen LogP contribution < -0.4 is 11.1 Å². The van der Waals surface area contributed by atoms with Gasteiger partial charge in [-0.25, -0.2) is 4.79 Å². The zero-order valence-electron chi connectivity index (χ0n) is 20.7. The van der Waals surface area contributed by atoms with Crippen LogP contribution in [0.5, 0.6) is 0 Å². The Morgan fingerprint density at radius 2 is 1.83 bits per heavy atom. The first-order chi connectivity index (χ1) is 17.4. The number of hydrogen-bond acceptors (Lipinski definition) is 5. The second-order valence-electron chi connectivity index (χ2n) is 10.6. The Hall–Kier alpha value is -1.90. The summed E-state index contributed by atoms with van der Waals surface area (Å²) in [6, 6.07) is 9.82. The largest absolute Gasteiger partial charge is 0.322 e. The number of piperazine rings is 1. The number of amides is 2. The van der Waals surface area contributed by atoms with Gasteiger partial charge in [0.25, 0.3) is 0 Å². The van der Waals surface area contributed by atoms with E-state index in [1.54, 1.807) is 18.2 Å². The molecule has 3 N–H and O–H groups in total. The maximum atomic E-state index is 12.7. The molecule has 0 bridgehead atoms. The van der Waals surface area contributed by atoms with Gasteiger partial charge in [0.15, 0.2) is 0 Å². The lowest BCUT2D eigenvalue weighted by molar-refractivity contribution is 0.123. The maximum Gasteiger partial charge on any atom is 0.321 e. The summed E-state index contributed by atoms with van der Waals surface area (Å²) in [7, 11) is 0. The Labute approximate surface area is 223 Å². The van der Waals surface area contributed by atoms with E-state index in [0.29, 0.717) is 27.7 Å². The number of nitrogens with two attached hydrogens (primary N) is 1. The quantitative estimate of drug-likeness (QED) is 0.587. The smallest absolute Gasteiger partial charge is 0.321 e. The minimum absolute atomic E-state index is 0.0837. The van der Waals surface area contributed by atoms with E-state index in [4.69, 9.17) is 28.9 Å². The van der Waals surface area contributed by atoms with Crippen molar-refractivity contribution in [2.45, 2.75) is 43.7 Å². The van der Waals surface area contributed by atoms with E-state index >= 15 is 0 Å². The normalized spacial score (nSPS) is 27.8. The number of nitrogens with zero attached hydrogens (tertiary/aromatic N) is 4. The SMILES string of the molecule is NC1(c2cccnc2)CCC(N2CCC(CN3CCN(C(=O)Nc4ccc(Cl)c(Cl)c4)CC3)C2)CC1. The van der Waals surface area contributed by atoms with Gasteiger partial charge >= 0.3 is 6.03 Å². The number of halogens is 2. The van der Waals surface area contributed by atoms with E-state index in [9.17, 15) is 4.79 Å². The topological polar surface area (TPSA) is 77.7 Å². The number of pyridine rings is 1. The summed E-state index contributed by atoms with van der Waals surface area (Å²) < 4.78 is 0. The minimum atomic E-state index is -0.227. The van der Waals surface area contributed by atoms with E-state index < -0.39 is 0 Å². The second-order valence-corrected chi connectivity index (χ2v) is 11.4. The molecule has 0 spiro atoms. The highest BCUT2D eigenvalue weighted by Gasteiger charge is 2.37. The first-order valence-corrected chi connectivity index (χ1v) is 13.8. The number of hydrogen-bond donors (Lipinski definition) is 2. The highest BCUT2D eigenvalue weighted by molar-refractivity contribution is 6.42. The molecule has 1 aliphatic carbocycles. The molecule has 3 fully saturated rings. The third-order valence-corrected chi connectivity index (χ3v) is 9.00. The van der Waals surface area contributed by atoms with Crippen LogP contribution in [0.25, 0.3) is 0 Å². The molecule has 1 saturated carbocycles. The van der Waals surface area contributed by atoms with Gasteiger partial charge in [0, 0.05) is 68.9 Å². The minimum Gasteiger partial charge on any atom is -0.322 e. The zero-order valence-corrected chi connectivity index (χ0v) is 22.2. The average molecular weight is 532 g/mol. The van der Waals surface area contributed by atoms with Crippen LogP contribution in [0.3, 0.4) is 0 Å². The molecule has 2 aromatic rings. The van der Waals surface area contributed by atoms with Gasteiger partial charge in [-0.05, 0) is 74.4 Å².